The smallest absolute Gasteiger partial charge is 0.0721 e. The fourth-order valence-electron chi connectivity index (χ4n) is 5.68. The van der Waals surface area contributed by atoms with Crippen LogP contribution in [-0.2, 0) is 13.0 Å². The topological polar surface area (TPSA) is 40.5 Å². The summed E-state index contributed by atoms with van der Waals surface area (Å²) in [7, 11) is 0. The van der Waals surface area contributed by atoms with Crippen LogP contribution >= 0.6 is 15.9 Å². The number of halogens is 1. The molecular weight excluding hydrogens is 340 g/mol. The van der Waals surface area contributed by atoms with Crippen LogP contribution < -0.4 is 0 Å². The van der Waals surface area contributed by atoms with Crippen LogP contribution in [0.15, 0.2) is 18.2 Å². The van der Waals surface area contributed by atoms with E-state index in [2.05, 4.69) is 41.1 Å². The average Bonchev–Trinajstić information content (AvgIpc) is 2.77. The van der Waals surface area contributed by atoms with Crippen molar-refractivity contribution in [1.82, 2.24) is 0 Å². The van der Waals surface area contributed by atoms with Gasteiger partial charge >= 0.3 is 0 Å². The van der Waals surface area contributed by atoms with Gasteiger partial charge in [-0.2, -0.15) is 0 Å². The normalized spacial score (nSPS) is 43.4. The van der Waals surface area contributed by atoms with Gasteiger partial charge in [0.2, 0.25) is 0 Å². The van der Waals surface area contributed by atoms with Gasteiger partial charge in [-0.05, 0) is 72.0 Å². The maximum atomic E-state index is 10.6. The van der Waals surface area contributed by atoms with Crippen LogP contribution in [-0.4, -0.2) is 21.1 Å². The highest BCUT2D eigenvalue weighted by Gasteiger charge is 2.57. The van der Waals surface area contributed by atoms with Gasteiger partial charge in [-0.15, -0.1) is 0 Å². The molecule has 0 radical (unpaired) electrons. The van der Waals surface area contributed by atoms with Crippen LogP contribution in [0, 0.1) is 17.3 Å². The number of fused-ring (bicyclic) bond motifs is 5. The molecular formula is C19H25BrO2. The van der Waals surface area contributed by atoms with E-state index in [-0.39, 0.29) is 23.0 Å². The summed E-state index contributed by atoms with van der Waals surface area (Å²) >= 11 is 3.72. The molecule has 0 aromatic heterocycles. The zero-order chi connectivity index (χ0) is 15.5. The second-order valence-electron chi connectivity index (χ2n) is 7.85. The first-order valence-corrected chi connectivity index (χ1v) is 9.51. The van der Waals surface area contributed by atoms with Crippen LogP contribution in [0.3, 0.4) is 0 Å². The number of hydrogen-bond acceptors (Lipinski definition) is 2. The molecule has 1 aromatic rings. The Balaban J connectivity index is 1.69. The largest absolute Gasteiger partial charge is 0.392 e. The van der Waals surface area contributed by atoms with E-state index in [1.165, 1.54) is 24.0 Å². The highest BCUT2D eigenvalue weighted by atomic mass is 79.9. The average molecular weight is 365 g/mol. The molecule has 2 N–H and O–H groups in total. The molecule has 0 spiro atoms. The molecule has 0 saturated heterocycles. The summed E-state index contributed by atoms with van der Waals surface area (Å²) in [6.07, 6.45) is 5.60. The molecule has 1 aromatic carbocycles. The Morgan fingerprint density at radius 3 is 2.91 bits per heavy atom. The van der Waals surface area contributed by atoms with E-state index in [4.69, 9.17) is 0 Å². The highest BCUT2D eigenvalue weighted by molar-refractivity contribution is 9.09. The Kier molecular flexibility index (Phi) is 3.67. The molecule has 3 aliphatic rings. The first-order valence-electron chi connectivity index (χ1n) is 8.59. The molecule has 3 aliphatic carbocycles. The van der Waals surface area contributed by atoms with Gasteiger partial charge in [-0.1, -0.05) is 41.1 Å². The number of rotatable bonds is 1. The van der Waals surface area contributed by atoms with Crippen molar-refractivity contribution in [3.8, 4) is 0 Å². The minimum atomic E-state index is -0.198. The molecule has 0 heterocycles. The van der Waals surface area contributed by atoms with Crippen molar-refractivity contribution in [2.45, 2.75) is 62.5 Å². The van der Waals surface area contributed by atoms with Gasteiger partial charge in [-0.3, -0.25) is 0 Å². The van der Waals surface area contributed by atoms with E-state index in [0.29, 0.717) is 17.8 Å². The quantitative estimate of drug-likeness (QED) is 0.744. The minimum Gasteiger partial charge on any atom is -0.392 e. The first kappa shape index (κ1) is 15.2. The molecule has 120 valence electrons. The third-order valence-electron chi connectivity index (χ3n) is 6.91. The second-order valence-corrected chi connectivity index (χ2v) is 9.02. The van der Waals surface area contributed by atoms with E-state index in [1.807, 2.05) is 0 Å². The number of alkyl halides is 1. The molecule has 0 aliphatic heterocycles. The molecule has 4 rings (SSSR count). The van der Waals surface area contributed by atoms with Gasteiger partial charge in [0.05, 0.1) is 12.7 Å². The van der Waals surface area contributed by atoms with Crippen molar-refractivity contribution >= 4 is 15.9 Å². The fourth-order valence-corrected chi connectivity index (χ4v) is 6.68. The van der Waals surface area contributed by atoms with Gasteiger partial charge in [0.25, 0.3) is 0 Å². The van der Waals surface area contributed by atoms with Crippen LogP contribution in [0.25, 0.3) is 0 Å². The van der Waals surface area contributed by atoms with Crippen molar-refractivity contribution in [2.24, 2.45) is 17.3 Å². The number of benzene rings is 1. The number of aliphatic hydroxyl groups excluding tert-OH is 2. The van der Waals surface area contributed by atoms with Gasteiger partial charge in [0.15, 0.2) is 0 Å². The van der Waals surface area contributed by atoms with E-state index >= 15 is 0 Å². The number of aliphatic hydroxyl groups is 2. The summed E-state index contributed by atoms with van der Waals surface area (Å²) in [6.45, 7) is 2.45. The lowest BCUT2D eigenvalue weighted by molar-refractivity contribution is -0.0213. The van der Waals surface area contributed by atoms with Crippen LogP contribution in [0.4, 0.5) is 0 Å². The van der Waals surface area contributed by atoms with Gasteiger partial charge in [0, 0.05) is 4.83 Å². The Morgan fingerprint density at radius 1 is 1.32 bits per heavy atom. The van der Waals surface area contributed by atoms with Crippen LogP contribution in [0.2, 0.25) is 0 Å². The van der Waals surface area contributed by atoms with E-state index in [0.717, 1.165) is 24.8 Å². The van der Waals surface area contributed by atoms with Crippen LogP contribution in [0.1, 0.15) is 55.2 Å². The highest BCUT2D eigenvalue weighted by Crippen LogP contribution is 2.61. The van der Waals surface area contributed by atoms with Crippen molar-refractivity contribution in [3.63, 3.8) is 0 Å². The number of hydrogen-bond donors (Lipinski definition) is 2. The standard InChI is InChI=1S/C19H25BrO2/c1-19-7-6-14-13-4-2-11(10-21)8-12(13)3-5-15(14)16(19)9-17(20)18(19)22/h2,4,8,14-18,21-22H,3,5-7,9-10H2,1H3/t14?,15?,16?,17-,18-,19-/m1/s1. The molecule has 0 bridgehead atoms. The van der Waals surface area contributed by atoms with Gasteiger partial charge in [-0.25, -0.2) is 0 Å². The third kappa shape index (κ3) is 2.05. The van der Waals surface area contributed by atoms with Crippen molar-refractivity contribution < 1.29 is 10.2 Å². The van der Waals surface area contributed by atoms with Crippen molar-refractivity contribution in [3.05, 3.63) is 34.9 Å². The zero-order valence-electron chi connectivity index (χ0n) is 13.1. The molecule has 2 saturated carbocycles. The van der Waals surface area contributed by atoms with Gasteiger partial charge in [0.1, 0.15) is 0 Å². The monoisotopic (exact) mass is 364 g/mol. The SMILES string of the molecule is C[C@@]12CCC3c4ccc(CO)cc4CCC3C1C[C@@H](Br)[C@H]2O. The lowest BCUT2D eigenvalue weighted by atomic mass is 9.55. The van der Waals surface area contributed by atoms with Crippen molar-refractivity contribution in [2.75, 3.05) is 0 Å². The summed E-state index contributed by atoms with van der Waals surface area (Å²) in [5, 5.41) is 20.0. The third-order valence-corrected chi connectivity index (χ3v) is 7.78. The first-order chi connectivity index (χ1) is 10.5. The van der Waals surface area contributed by atoms with E-state index < -0.39 is 0 Å². The van der Waals surface area contributed by atoms with E-state index in [9.17, 15) is 10.2 Å². The summed E-state index contributed by atoms with van der Waals surface area (Å²) < 4.78 is 0. The molecule has 3 heteroatoms. The Labute approximate surface area is 141 Å². The number of aryl methyl sites for hydroxylation is 1. The Hall–Kier alpha value is -0.380. The Bertz CT molecular complexity index is 587. The molecule has 6 atom stereocenters. The summed E-state index contributed by atoms with van der Waals surface area (Å²) in [4.78, 5) is 0.263. The second kappa shape index (κ2) is 5.32. The predicted molar refractivity (Wildman–Crippen MR) is 91.1 cm³/mol. The van der Waals surface area contributed by atoms with Crippen LogP contribution in [0.5, 0.6) is 0 Å². The minimum absolute atomic E-state index is 0.0951. The summed E-state index contributed by atoms with van der Waals surface area (Å²) in [5.41, 5.74) is 4.10. The maximum Gasteiger partial charge on any atom is 0.0721 e. The summed E-state index contributed by atoms with van der Waals surface area (Å²) in [6, 6.07) is 6.55. The molecule has 22 heavy (non-hydrogen) atoms. The lowest BCUT2D eigenvalue weighted by Gasteiger charge is -2.50. The zero-order valence-corrected chi connectivity index (χ0v) is 14.7. The van der Waals surface area contributed by atoms with Crippen molar-refractivity contribution in [1.29, 1.82) is 0 Å². The molecule has 2 nitrogen and oxygen atoms in total. The lowest BCUT2D eigenvalue weighted by Crippen LogP contribution is -2.44. The van der Waals surface area contributed by atoms with E-state index in [1.54, 1.807) is 0 Å². The fraction of sp³-hybridized carbons (Fsp3) is 0.684. The predicted octanol–water partition coefficient (Wildman–Crippen LogP) is 3.77. The maximum absolute atomic E-state index is 10.6. The molecule has 3 unspecified atom stereocenters. The Morgan fingerprint density at radius 2 is 2.14 bits per heavy atom. The van der Waals surface area contributed by atoms with Gasteiger partial charge < -0.3 is 10.2 Å². The molecule has 0 amide bonds. The summed E-state index contributed by atoms with van der Waals surface area (Å²) in [5.74, 6) is 2.00. The molecule has 2 fully saturated rings.